The monoisotopic (exact) mass is 344 g/mol. The highest BCUT2D eigenvalue weighted by atomic mass is 31.1. The van der Waals surface area contributed by atoms with Crippen LogP contribution in [0.4, 0.5) is 0 Å². The quantitative estimate of drug-likeness (QED) is 0.584. The van der Waals surface area contributed by atoms with E-state index >= 15 is 0 Å². The first-order chi connectivity index (χ1) is 11.1. The maximum absolute atomic E-state index is 9.98. The summed E-state index contributed by atoms with van der Waals surface area (Å²) >= 11 is 0. The predicted octanol–water partition coefficient (Wildman–Crippen LogP) is 6.44. The second-order valence-corrected chi connectivity index (χ2v) is 9.54. The Hall–Kier alpha value is -0.910. The van der Waals surface area contributed by atoms with Crippen molar-refractivity contribution in [3.05, 3.63) is 46.3 Å². The third kappa shape index (κ3) is 4.58. The van der Waals surface area contributed by atoms with E-state index in [9.17, 15) is 5.11 Å². The Morgan fingerprint density at radius 3 is 2.50 bits per heavy atom. The van der Waals surface area contributed by atoms with Gasteiger partial charge in [-0.05, 0) is 73.1 Å². The fourth-order valence-corrected chi connectivity index (χ4v) is 4.82. The van der Waals surface area contributed by atoms with Crippen LogP contribution in [0.5, 0.6) is 0 Å². The second-order valence-electron chi connectivity index (χ2n) is 8.64. The standard InChI is InChI=1S/C22H33OP/c1-16-8-7-11-21(3,4)19(16)9-12-24-13-10-20-17(2)14-18(23)15-22(20,5)6/h8-10,12-13,18,23H,7,11,14-15H2,1-6H3/b13-10+,19-9+/t18-/m1/s1. The lowest BCUT2D eigenvalue weighted by atomic mass is 9.72. The third-order valence-corrected chi connectivity index (χ3v) is 6.15. The molecule has 1 atom stereocenters. The Morgan fingerprint density at radius 1 is 1.17 bits per heavy atom. The topological polar surface area (TPSA) is 20.2 Å². The number of aliphatic hydroxyl groups is 1. The fourth-order valence-electron chi connectivity index (χ4n) is 4.25. The maximum atomic E-state index is 9.98. The number of allylic oxidation sites excluding steroid dienone is 6. The van der Waals surface area contributed by atoms with E-state index in [0.717, 1.165) is 12.8 Å². The van der Waals surface area contributed by atoms with Crippen LogP contribution in [-0.4, -0.2) is 17.0 Å². The molecular formula is C22H33OP. The summed E-state index contributed by atoms with van der Waals surface area (Å²) in [6.45, 7) is 13.6. The van der Waals surface area contributed by atoms with Gasteiger partial charge in [0.05, 0.1) is 6.10 Å². The second kappa shape index (κ2) is 7.54. The maximum Gasteiger partial charge on any atom is 0.0585 e. The molecule has 132 valence electrons. The molecule has 0 unspecified atom stereocenters. The molecule has 0 aromatic rings. The minimum absolute atomic E-state index is 0.0664. The van der Waals surface area contributed by atoms with Crippen molar-refractivity contribution >= 4 is 14.0 Å². The van der Waals surface area contributed by atoms with E-state index < -0.39 is 0 Å². The van der Waals surface area contributed by atoms with Crippen molar-refractivity contribution < 1.29 is 5.11 Å². The first-order valence-electron chi connectivity index (χ1n) is 9.09. The molecule has 0 amide bonds. The molecule has 2 heteroatoms. The normalized spacial score (nSPS) is 28.9. The van der Waals surface area contributed by atoms with Gasteiger partial charge in [0.15, 0.2) is 0 Å². The number of rotatable bonds is 3. The summed E-state index contributed by atoms with van der Waals surface area (Å²) in [5, 5.41) is 9.98. The van der Waals surface area contributed by atoms with Crippen LogP contribution in [0.15, 0.2) is 46.3 Å². The highest BCUT2D eigenvalue weighted by molar-refractivity contribution is 7.42. The number of aliphatic hydroxyl groups excluding tert-OH is 1. The molecular weight excluding hydrogens is 311 g/mol. The van der Waals surface area contributed by atoms with Gasteiger partial charge in [-0.1, -0.05) is 65.3 Å². The molecule has 0 aromatic heterocycles. The van der Waals surface area contributed by atoms with Crippen LogP contribution in [0.3, 0.4) is 0 Å². The molecule has 0 heterocycles. The highest BCUT2D eigenvalue weighted by Gasteiger charge is 2.31. The molecule has 0 aliphatic heterocycles. The Morgan fingerprint density at radius 2 is 1.88 bits per heavy atom. The summed E-state index contributed by atoms with van der Waals surface area (Å²) in [6, 6.07) is 0. The molecule has 0 spiro atoms. The van der Waals surface area contributed by atoms with Gasteiger partial charge in [0.25, 0.3) is 0 Å². The molecule has 2 aliphatic rings. The summed E-state index contributed by atoms with van der Waals surface area (Å²) in [7, 11) is 1.22. The Kier molecular flexibility index (Phi) is 6.10. The van der Waals surface area contributed by atoms with Gasteiger partial charge in [-0.25, -0.2) is 0 Å². The van der Waals surface area contributed by atoms with E-state index in [-0.39, 0.29) is 16.9 Å². The van der Waals surface area contributed by atoms with E-state index in [2.05, 4.69) is 71.4 Å². The van der Waals surface area contributed by atoms with Gasteiger partial charge in [-0.2, -0.15) is 0 Å². The fraction of sp³-hybridized carbons (Fsp3) is 0.591. The molecule has 2 rings (SSSR count). The number of hydrogen-bond acceptors (Lipinski definition) is 1. The zero-order valence-corrected chi connectivity index (χ0v) is 17.1. The average molecular weight is 344 g/mol. The SMILES string of the molecule is CC1=CCCC(C)(C)/C1=C/C=P/C=C/C1=C(C)C[C@@H](O)CC1(C)C. The Balaban J connectivity index is 2.13. The molecule has 0 saturated heterocycles. The molecule has 0 aromatic carbocycles. The van der Waals surface area contributed by atoms with E-state index in [1.54, 1.807) is 0 Å². The van der Waals surface area contributed by atoms with Crippen LogP contribution in [0.1, 0.15) is 67.2 Å². The molecule has 1 nitrogen and oxygen atoms in total. The Bertz CT molecular complexity index is 626. The van der Waals surface area contributed by atoms with Gasteiger partial charge in [0, 0.05) is 0 Å². The molecule has 0 saturated carbocycles. The van der Waals surface area contributed by atoms with Crippen molar-refractivity contribution in [1.29, 1.82) is 0 Å². The minimum atomic E-state index is -0.186. The zero-order chi connectivity index (χ0) is 18.0. The van der Waals surface area contributed by atoms with E-state index in [1.807, 2.05) is 0 Å². The van der Waals surface area contributed by atoms with Crippen molar-refractivity contribution in [2.45, 2.75) is 73.3 Å². The molecule has 0 fully saturated rings. The van der Waals surface area contributed by atoms with Crippen LogP contribution >= 0.6 is 8.20 Å². The summed E-state index contributed by atoms with van der Waals surface area (Å²) < 4.78 is 0. The minimum Gasteiger partial charge on any atom is -0.393 e. The van der Waals surface area contributed by atoms with Crippen molar-refractivity contribution in [2.75, 3.05) is 0 Å². The number of hydrogen-bond donors (Lipinski definition) is 1. The average Bonchev–Trinajstić information content (AvgIpc) is 2.42. The van der Waals surface area contributed by atoms with Gasteiger partial charge < -0.3 is 5.11 Å². The summed E-state index contributed by atoms with van der Waals surface area (Å²) in [5.74, 6) is 4.50. The largest absolute Gasteiger partial charge is 0.393 e. The first kappa shape index (κ1) is 19.4. The lowest BCUT2D eigenvalue weighted by molar-refractivity contribution is 0.116. The predicted molar refractivity (Wildman–Crippen MR) is 109 cm³/mol. The van der Waals surface area contributed by atoms with Crippen LogP contribution < -0.4 is 0 Å². The zero-order valence-electron chi connectivity index (χ0n) is 16.2. The van der Waals surface area contributed by atoms with Crippen molar-refractivity contribution in [3.63, 3.8) is 0 Å². The summed E-state index contributed by atoms with van der Waals surface area (Å²) in [6.07, 6.45) is 10.9. The van der Waals surface area contributed by atoms with E-state index in [0.29, 0.717) is 0 Å². The van der Waals surface area contributed by atoms with Gasteiger partial charge in [0.1, 0.15) is 0 Å². The van der Waals surface area contributed by atoms with Gasteiger partial charge in [-0.15, -0.1) is 0 Å². The van der Waals surface area contributed by atoms with Gasteiger partial charge in [-0.3, -0.25) is 0 Å². The molecule has 0 radical (unpaired) electrons. The van der Waals surface area contributed by atoms with Crippen molar-refractivity contribution in [2.24, 2.45) is 10.8 Å². The summed E-state index contributed by atoms with van der Waals surface area (Å²) in [5.41, 5.74) is 5.99. The van der Waals surface area contributed by atoms with E-state index in [4.69, 9.17) is 0 Å². The van der Waals surface area contributed by atoms with Crippen LogP contribution in [0, 0.1) is 10.8 Å². The smallest absolute Gasteiger partial charge is 0.0585 e. The first-order valence-corrected chi connectivity index (χ1v) is 10.1. The van der Waals surface area contributed by atoms with Gasteiger partial charge >= 0.3 is 0 Å². The van der Waals surface area contributed by atoms with Crippen molar-refractivity contribution in [1.82, 2.24) is 0 Å². The Labute approximate surface area is 150 Å². The molecule has 1 N–H and O–H groups in total. The lowest BCUT2D eigenvalue weighted by Crippen LogP contribution is -2.28. The molecule has 2 aliphatic carbocycles. The van der Waals surface area contributed by atoms with Crippen molar-refractivity contribution in [3.8, 4) is 0 Å². The lowest BCUT2D eigenvalue weighted by Gasteiger charge is -2.35. The van der Waals surface area contributed by atoms with E-state index in [1.165, 1.54) is 43.3 Å². The third-order valence-electron chi connectivity index (χ3n) is 5.51. The summed E-state index contributed by atoms with van der Waals surface area (Å²) in [4.78, 5) is 0. The van der Waals surface area contributed by atoms with Crippen LogP contribution in [-0.2, 0) is 0 Å². The van der Waals surface area contributed by atoms with Crippen LogP contribution in [0.2, 0.25) is 0 Å². The van der Waals surface area contributed by atoms with Crippen LogP contribution in [0.25, 0.3) is 0 Å². The molecule has 0 bridgehead atoms. The van der Waals surface area contributed by atoms with Gasteiger partial charge in [0.2, 0.25) is 0 Å². The highest BCUT2D eigenvalue weighted by Crippen LogP contribution is 2.41. The molecule has 24 heavy (non-hydrogen) atoms.